The van der Waals surface area contributed by atoms with Crippen molar-refractivity contribution in [2.75, 3.05) is 0 Å². The summed E-state index contributed by atoms with van der Waals surface area (Å²) < 4.78 is 0. The molecule has 1 heterocycles. The van der Waals surface area contributed by atoms with Crippen molar-refractivity contribution >= 4 is 10.9 Å². The Kier molecular flexibility index (Phi) is 3.57. The lowest BCUT2D eigenvalue weighted by molar-refractivity contribution is 0.576. The molecule has 102 valence electrons. The van der Waals surface area contributed by atoms with E-state index in [1.54, 1.807) is 0 Å². The van der Waals surface area contributed by atoms with Crippen LogP contribution in [-0.4, -0.2) is 4.98 Å². The number of para-hydroxylation sites is 1. The van der Waals surface area contributed by atoms with Gasteiger partial charge >= 0.3 is 0 Å². The molecule has 2 aromatic carbocycles. The van der Waals surface area contributed by atoms with Crippen LogP contribution in [0.1, 0.15) is 29.7 Å². The number of benzene rings is 2. The third-order valence-corrected chi connectivity index (χ3v) is 3.85. The summed E-state index contributed by atoms with van der Waals surface area (Å²) >= 11 is 0. The topological polar surface area (TPSA) is 27.8 Å². The summed E-state index contributed by atoms with van der Waals surface area (Å²) in [4.78, 5) is 3.32. The van der Waals surface area contributed by atoms with Crippen LogP contribution in [0.3, 0.4) is 0 Å². The van der Waals surface area contributed by atoms with E-state index < -0.39 is 0 Å². The van der Waals surface area contributed by atoms with Crippen molar-refractivity contribution in [2.45, 2.75) is 26.4 Å². The van der Waals surface area contributed by atoms with Crippen LogP contribution in [-0.2, 0) is 6.54 Å². The summed E-state index contributed by atoms with van der Waals surface area (Å²) in [7, 11) is 0. The molecule has 0 aliphatic heterocycles. The Morgan fingerprint density at radius 2 is 1.80 bits per heavy atom. The number of aryl methyl sites for hydroxylation is 1. The van der Waals surface area contributed by atoms with E-state index in [4.69, 9.17) is 0 Å². The summed E-state index contributed by atoms with van der Waals surface area (Å²) in [6, 6.07) is 17.5. The number of hydrogen-bond acceptors (Lipinski definition) is 1. The molecule has 0 aliphatic rings. The highest BCUT2D eigenvalue weighted by Crippen LogP contribution is 2.19. The smallest absolute Gasteiger partial charge is 0.0457 e. The largest absolute Gasteiger partial charge is 0.361 e. The van der Waals surface area contributed by atoms with Gasteiger partial charge in [-0.15, -0.1) is 0 Å². The number of nitrogens with one attached hydrogen (secondary N) is 2. The predicted molar refractivity (Wildman–Crippen MR) is 84.7 cm³/mol. The Balaban J connectivity index is 1.71. The zero-order chi connectivity index (χ0) is 13.9. The minimum Gasteiger partial charge on any atom is -0.361 e. The number of hydrogen-bond donors (Lipinski definition) is 2. The van der Waals surface area contributed by atoms with E-state index in [0.29, 0.717) is 6.04 Å². The second-order valence-corrected chi connectivity index (χ2v) is 5.37. The highest BCUT2D eigenvalue weighted by Gasteiger charge is 2.07. The van der Waals surface area contributed by atoms with Crippen LogP contribution in [0.4, 0.5) is 0 Å². The molecule has 3 rings (SSSR count). The number of fused-ring (bicyclic) bond motifs is 1. The molecule has 0 amide bonds. The van der Waals surface area contributed by atoms with Gasteiger partial charge in [0.25, 0.3) is 0 Å². The minimum absolute atomic E-state index is 0.351. The van der Waals surface area contributed by atoms with Gasteiger partial charge in [-0.3, -0.25) is 0 Å². The SMILES string of the molecule is Cc1ccc([C@H](C)NCc2c[nH]c3ccccc23)cc1. The average Bonchev–Trinajstić information content (AvgIpc) is 2.89. The fourth-order valence-corrected chi connectivity index (χ4v) is 2.51. The molecule has 2 nitrogen and oxygen atoms in total. The van der Waals surface area contributed by atoms with E-state index >= 15 is 0 Å². The van der Waals surface area contributed by atoms with Crippen molar-refractivity contribution in [3.8, 4) is 0 Å². The van der Waals surface area contributed by atoms with Crippen LogP contribution in [0.5, 0.6) is 0 Å². The molecule has 2 N–H and O–H groups in total. The molecule has 3 aromatic rings. The highest BCUT2D eigenvalue weighted by atomic mass is 14.9. The first-order valence-corrected chi connectivity index (χ1v) is 7.09. The molecule has 0 fully saturated rings. The summed E-state index contributed by atoms with van der Waals surface area (Å²) in [5.74, 6) is 0. The van der Waals surface area contributed by atoms with Crippen LogP contribution in [0.15, 0.2) is 54.7 Å². The van der Waals surface area contributed by atoms with Crippen molar-refractivity contribution in [1.29, 1.82) is 0 Å². The zero-order valence-electron chi connectivity index (χ0n) is 12.0. The summed E-state index contributed by atoms with van der Waals surface area (Å²) in [5, 5.41) is 4.89. The molecule has 2 heteroatoms. The zero-order valence-corrected chi connectivity index (χ0v) is 12.0. The van der Waals surface area contributed by atoms with Gasteiger partial charge in [-0.05, 0) is 31.0 Å². The normalized spacial score (nSPS) is 12.7. The number of rotatable bonds is 4. The van der Waals surface area contributed by atoms with Gasteiger partial charge in [0, 0.05) is 29.7 Å². The molecule has 0 saturated heterocycles. The van der Waals surface area contributed by atoms with E-state index in [0.717, 1.165) is 6.54 Å². The average molecular weight is 264 g/mol. The first-order chi connectivity index (χ1) is 9.74. The van der Waals surface area contributed by atoms with Crippen molar-refractivity contribution in [1.82, 2.24) is 10.3 Å². The standard InChI is InChI=1S/C18H20N2/c1-13-7-9-15(10-8-13)14(2)19-11-16-12-20-18-6-4-3-5-17(16)18/h3-10,12,14,19-20H,11H2,1-2H3/t14-/m0/s1. The molecule has 1 aromatic heterocycles. The van der Waals surface area contributed by atoms with Crippen molar-refractivity contribution in [3.63, 3.8) is 0 Å². The van der Waals surface area contributed by atoms with Crippen LogP contribution in [0, 0.1) is 6.92 Å². The lowest BCUT2D eigenvalue weighted by atomic mass is 10.1. The molecular weight excluding hydrogens is 244 g/mol. The molecule has 0 aliphatic carbocycles. The van der Waals surface area contributed by atoms with Gasteiger partial charge in [0.05, 0.1) is 0 Å². The van der Waals surface area contributed by atoms with E-state index in [-0.39, 0.29) is 0 Å². The number of H-pyrrole nitrogens is 1. The van der Waals surface area contributed by atoms with E-state index in [1.807, 2.05) is 0 Å². The highest BCUT2D eigenvalue weighted by molar-refractivity contribution is 5.82. The fraction of sp³-hybridized carbons (Fsp3) is 0.222. The molecular formula is C18H20N2. The van der Waals surface area contributed by atoms with Crippen LogP contribution < -0.4 is 5.32 Å². The molecule has 0 saturated carbocycles. The predicted octanol–water partition coefficient (Wildman–Crippen LogP) is 4.33. The Labute approximate surface area is 119 Å². The van der Waals surface area contributed by atoms with Gasteiger partial charge in [0.15, 0.2) is 0 Å². The molecule has 0 radical (unpaired) electrons. The summed E-state index contributed by atoms with van der Waals surface area (Å²) in [5.41, 5.74) is 5.15. The number of aromatic amines is 1. The third kappa shape index (κ3) is 2.61. The van der Waals surface area contributed by atoms with E-state index in [2.05, 4.69) is 78.9 Å². The lowest BCUT2D eigenvalue weighted by Crippen LogP contribution is -2.17. The second kappa shape index (κ2) is 5.51. The van der Waals surface area contributed by atoms with Crippen molar-refractivity contribution < 1.29 is 0 Å². The monoisotopic (exact) mass is 264 g/mol. The Morgan fingerprint density at radius 3 is 2.60 bits per heavy atom. The molecule has 0 spiro atoms. The van der Waals surface area contributed by atoms with E-state index in [9.17, 15) is 0 Å². The van der Waals surface area contributed by atoms with Gasteiger partial charge in [0.2, 0.25) is 0 Å². The van der Waals surface area contributed by atoms with Crippen LogP contribution >= 0.6 is 0 Å². The minimum atomic E-state index is 0.351. The van der Waals surface area contributed by atoms with Gasteiger partial charge in [-0.2, -0.15) is 0 Å². The quantitative estimate of drug-likeness (QED) is 0.721. The fourth-order valence-electron chi connectivity index (χ4n) is 2.51. The van der Waals surface area contributed by atoms with Gasteiger partial charge in [-0.1, -0.05) is 48.0 Å². The first kappa shape index (κ1) is 12.9. The van der Waals surface area contributed by atoms with Crippen LogP contribution in [0.25, 0.3) is 10.9 Å². The molecule has 1 atom stereocenters. The van der Waals surface area contributed by atoms with Gasteiger partial charge < -0.3 is 10.3 Å². The van der Waals surface area contributed by atoms with Crippen LogP contribution in [0.2, 0.25) is 0 Å². The Bertz CT molecular complexity index is 695. The Morgan fingerprint density at radius 1 is 1.05 bits per heavy atom. The molecule has 0 unspecified atom stereocenters. The lowest BCUT2D eigenvalue weighted by Gasteiger charge is -2.14. The van der Waals surface area contributed by atoms with Gasteiger partial charge in [-0.25, -0.2) is 0 Å². The first-order valence-electron chi connectivity index (χ1n) is 7.09. The molecule has 20 heavy (non-hydrogen) atoms. The maximum Gasteiger partial charge on any atom is 0.0457 e. The van der Waals surface area contributed by atoms with E-state index in [1.165, 1.54) is 27.6 Å². The van der Waals surface area contributed by atoms with Crippen molar-refractivity contribution in [3.05, 3.63) is 71.4 Å². The second-order valence-electron chi connectivity index (χ2n) is 5.37. The summed E-state index contributed by atoms with van der Waals surface area (Å²) in [6.45, 7) is 5.20. The maximum absolute atomic E-state index is 3.59. The maximum atomic E-state index is 3.59. The summed E-state index contributed by atoms with van der Waals surface area (Å²) in [6.07, 6.45) is 2.10. The third-order valence-electron chi connectivity index (χ3n) is 3.85. The van der Waals surface area contributed by atoms with Gasteiger partial charge in [0.1, 0.15) is 0 Å². The molecule has 0 bridgehead atoms. The Hall–Kier alpha value is -2.06. The van der Waals surface area contributed by atoms with Crippen molar-refractivity contribution in [2.24, 2.45) is 0 Å². The number of aromatic nitrogens is 1.